The topological polar surface area (TPSA) is 18.5 Å². The van der Waals surface area contributed by atoms with Crippen LogP contribution < -0.4 is 4.74 Å². The van der Waals surface area contributed by atoms with Gasteiger partial charge in [0, 0.05) is 0 Å². The summed E-state index contributed by atoms with van der Waals surface area (Å²) < 4.78 is 11.1. The van der Waals surface area contributed by atoms with Crippen molar-refractivity contribution in [2.45, 2.75) is 44.8 Å². The molecule has 0 aliphatic heterocycles. The second kappa shape index (κ2) is 5.90. The largest absolute Gasteiger partial charge is 0.497 e. The first-order chi connectivity index (χ1) is 7.88. The molecule has 0 amide bonds. The molecule has 1 aliphatic carbocycles. The summed E-state index contributed by atoms with van der Waals surface area (Å²) in [7, 11) is 1.70. The molecular weight excluding hydrogens is 200 g/mol. The highest BCUT2D eigenvalue weighted by Gasteiger charge is 2.13. The van der Waals surface area contributed by atoms with Crippen molar-refractivity contribution < 1.29 is 9.47 Å². The molecule has 0 N–H and O–H groups in total. The summed E-state index contributed by atoms with van der Waals surface area (Å²) in [5, 5.41) is 0. The van der Waals surface area contributed by atoms with E-state index in [4.69, 9.17) is 9.47 Å². The van der Waals surface area contributed by atoms with Crippen LogP contribution in [0.1, 0.15) is 37.7 Å². The fourth-order valence-electron chi connectivity index (χ4n) is 2.21. The Morgan fingerprint density at radius 3 is 2.75 bits per heavy atom. The van der Waals surface area contributed by atoms with Crippen molar-refractivity contribution in [3.05, 3.63) is 29.8 Å². The molecule has 0 bridgehead atoms. The normalized spacial score (nSPS) is 17.3. The average molecular weight is 220 g/mol. The first-order valence-corrected chi connectivity index (χ1v) is 6.13. The van der Waals surface area contributed by atoms with Gasteiger partial charge in [-0.25, -0.2) is 0 Å². The summed E-state index contributed by atoms with van der Waals surface area (Å²) in [6, 6.07) is 8.11. The van der Waals surface area contributed by atoms with Crippen LogP contribution in [0.2, 0.25) is 0 Å². The zero-order valence-corrected chi connectivity index (χ0v) is 9.95. The Morgan fingerprint density at radius 2 is 2.00 bits per heavy atom. The van der Waals surface area contributed by atoms with Crippen LogP contribution in [-0.2, 0) is 11.3 Å². The molecule has 2 heteroatoms. The molecule has 0 spiro atoms. The Balaban J connectivity index is 1.83. The van der Waals surface area contributed by atoms with Crippen molar-refractivity contribution >= 4 is 0 Å². The molecule has 0 radical (unpaired) electrons. The molecule has 1 aromatic rings. The monoisotopic (exact) mass is 220 g/mol. The molecule has 2 nitrogen and oxygen atoms in total. The highest BCUT2D eigenvalue weighted by atomic mass is 16.5. The summed E-state index contributed by atoms with van der Waals surface area (Å²) in [6.45, 7) is 0.710. The maximum absolute atomic E-state index is 5.91. The van der Waals surface area contributed by atoms with E-state index in [1.807, 2.05) is 18.2 Å². The molecule has 1 aliphatic rings. The number of hydrogen-bond donors (Lipinski definition) is 0. The van der Waals surface area contributed by atoms with Crippen molar-refractivity contribution in [1.29, 1.82) is 0 Å². The average Bonchev–Trinajstić information content (AvgIpc) is 2.38. The highest BCUT2D eigenvalue weighted by Crippen LogP contribution is 2.22. The molecule has 0 atom stereocenters. The number of benzene rings is 1. The maximum Gasteiger partial charge on any atom is 0.119 e. The van der Waals surface area contributed by atoms with E-state index in [0.717, 1.165) is 5.75 Å². The van der Waals surface area contributed by atoms with Crippen molar-refractivity contribution in [1.82, 2.24) is 0 Å². The minimum Gasteiger partial charge on any atom is -0.497 e. The van der Waals surface area contributed by atoms with Crippen LogP contribution in [-0.4, -0.2) is 13.2 Å². The van der Waals surface area contributed by atoms with Gasteiger partial charge in [0.2, 0.25) is 0 Å². The Kier molecular flexibility index (Phi) is 4.23. The number of hydrogen-bond acceptors (Lipinski definition) is 2. The van der Waals surface area contributed by atoms with Gasteiger partial charge in [0.25, 0.3) is 0 Å². The molecule has 2 rings (SSSR count). The van der Waals surface area contributed by atoms with E-state index in [0.29, 0.717) is 12.7 Å². The van der Waals surface area contributed by atoms with Crippen molar-refractivity contribution in [3.63, 3.8) is 0 Å². The van der Waals surface area contributed by atoms with Crippen LogP contribution in [0.5, 0.6) is 5.75 Å². The molecule has 0 unspecified atom stereocenters. The van der Waals surface area contributed by atoms with E-state index in [-0.39, 0.29) is 0 Å². The van der Waals surface area contributed by atoms with E-state index in [1.54, 1.807) is 7.11 Å². The predicted molar refractivity (Wildman–Crippen MR) is 64.7 cm³/mol. The second-order valence-corrected chi connectivity index (χ2v) is 4.42. The lowest BCUT2D eigenvalue weighted by atomic mass is 9.98. The Labute approximate surface area is 97.6 Å². The second-order valence-electron chi connectivity index (χ2n) is 4.42. The minimum absolute atomic E-state index is 0.472. The summed E-state index contributed by atoms with van der Waals surface area (Å²) in [6.07, 6.45) is 6.94. The molecular formula is C14H20O2. The van der Waals surface area contributed by atoms with Crippen LogP contribution in [0.25, 0.3) is 0 Å². The lowest BCUT2D eigenvalue weighted by Crippen LogP contribution is -2.16. The quantitative estimate of drug-likeness (QED) is 0.772. The van der Waals surface area contributed by atoms with E-state index >= 15 is 0 Å². The van der Waals surface area contributed by atoms with E-state index < -0.39 is 0 Å². The van der Waals surface area contributed by atoms with Gasteiger partial charge in [-0.3, -0.25) is 0 Å². The van der Waals surface area contributed by atoms with E-state index in [1.165, 1.54) is 37.7 Å². The van der Waals surface area contributed by atoms with Crippen LogP contribution >= 0.6 is 0 Å². The Bertz CT molecular complexity index is 316. The Hall–Kier alpha value is -1.02. The molecule has 1 fully saturated rings. The lowest BCUT2D eigenvalue weighted by molar-refractivity contribution is 0.0168. The molecule has 1 saturated carbocycles. The number of methoxy groups -OCH3 is 1. The van der Waals surface area contributed by atoms with Gasteiger partial charge in [-0.05, 0) is 30.5 Å². The molecule has 0 saturated heterocycles. The fraction of sp³-hybridized carbons (Fsp3) is 0.571. The lowest BCUT2D eigenvalue weighted by Gasteiger charge is -2.22. The first-order valence-electron chi connectivity index (χ1n) is 6.13. The van der Waals surface area contributed by atoms with Gasteiger partial charge in [0.1, 0.15) is 5.75 Å². The third kappa shape index (κ3) is 3.24. The van der Waals surface area contributed by atoms with E-state index in [2.05, 4.69) is 6.07 Å². The standard InChI is InChI=1S/C14H20O2/c1-15-14-9-5-6-12(10-14)11-16-13-7-3-2-4-8-13/h5-6,9-10,13H,2-4,7-8,11H2,1H3. The molecule has 16 heavy (non-hydrogen) atoms. The zero-order valence-electron chi connectivity index (χ0n) is 9.95. The van der Waals surface area contributed by atoms with Gasteiger partial charge in [0.05, 0.1) is 19.8 Å². The van der Waals surface area contributed by atoms with Crippen molar-refractivity contribution in [2.75, 3.05) is 7.11 Å². The number of rotatable bonds is 4. The first kappa shape index (κ1) is 11.5. The van der Waals surface area contributed by atoms with Crippen LogP contribution in [0.3, 0.4) is 0 Å². The molecule has 88 valence electrons. The van der Waals surface area contributed by atoms with Crippen LogP contribution in [0.4, 0.5) is 0 Å². The van der Waals surface area contributed by atoms with Crippen LogP contribution in [0, 0.1) is 0 Å². The summed E-state index contributed by atoms with van der Waals surface area (Å²) in [5.74, 6) is 0.907. The zero-order chi connectivity index (χ0) is 11.2. The van der Waals surface area contributed by atoms with Gasteiger partial charge in [-0.15, -0.1) is 0 Å². The van der Waals surface area contributed by atoms with Crippen LogP contribution in [0.15, 0.2) is 24.3 Å². The summed E-state index contributed by atoms with van der Waals surface area (Å²) in [5.41, 5.74) is 1.20. The predicted octanol–water partition coefficient (Wildman–Crippen LogP) is 3.54. The number of ether oxygens (including phenoxy) is 2. The van der Waals surface area contributed by atoms with Crippen molar-refractivity contribution in [2.24, 2.45) is 0 Å². The fourth-order valence-corrected chi connectivity index (χ4v) is 2.21. The molecule has 1 aromatic carbocycles. The van der Waals surface area contributed by atoms with E-state index in [9.17, 15) is 0 Å². The van der Waals surface area contributed by atoms with Gasteiger partial charge < -0.3 is 9.47 Å². The summed E-state index contributed by atoms with van der Waals surface area (Å²) >= 11 is 0. The minimum atomic E-state index is 0.472. The molecule has 0 aromatic heterocycles. The van der Waals surface area contributed by atoms with Gasteiger partial charge >= 0.3 is 0 Å². The molecule has 0 heterocycles. The maximum atomic E-state index is 5.91. The Morgan fingerprint density at radius 1 is 1.19 bits per heavy atom. The third-order valence-electron chi connectivity index (χ3n) is 3.17. The van der Waals surface area contributed by atoms with Gasteiger partial charge in [0.15, 0.2) is 0 Å². The van der Waals surface area contributed by atoms with Gasteiger partial charge in [-0.2, -0.15) is 0 Å². The van der Waals surface area contributed by atoms with Gasteiger partial charge in [-0.1, -0.05) is 31.4 Å². The summed E-state index contributed by atoms with van der Waals surface area (Å²) in [4.78, 5) is 0. The van der Waals surface area contributed by atoms with Crippen molar-refractivity contribution in [3.8, 4) is 5.75 Å². The highest BCUT2D eigenvalue weighted by molar-refractivity contribution is 5.27. The SMILES string of the molecule is COc1cccc(COC2CCCCC2)c1. The smallest absolute Gasteiger partial charge is 0.119 e. The third-order valence-corrected chi connectivity index (χ3v) is 3.17.